The van der Waals surface area contributed by atoms with Gasteiger partial charge in [-0.3, -0.25) is 4.79 Å². The Labute approximate surface area is 196 Å². The Morgan fingerprint density at radius 3 is 2.24 bits per heavy atom. The highest BCUT2D eigenvalue weighted by Crippen LogP contribution is 2.37. The van der Waals surface area contributed by atoms with Gasteiger partial charge in [-0.15, -0.1) is 0 Å². The first-order valence-electron chi connectivity index (χ1n) is 10.4. The molecule has 4 rings (SSSR count). The van der Waals surface area contributed by atoms with Gasteiger partial charge in [-0.2, -0.15) is 0 Å². The molecule has 0 aliphatic rings. The van der Waals surface area contributed by atoms with Gasteiger partial charge in [-0.05, 0) is 67.1 Å². The number of sulfone groups is 1. The van der Waals surface area contributed by atoms with E-state index < -0.39 is 9.84 Å². The molecule has 0 bridgehead atoms. The molecular weight excluding hydrogens is 459 g/mol. The summed E-state index contributed by atoms with van der Waals surface area (Å²) in [6.07, 6.45) is 1.14. The van der Waals surface area contributed by atoms with Crippen molar-refractivity contribution in [2.24, 2.45) is 0 Å². The molecule has 4 aromatic rings. The van der Waals surface area contributed by atoms with Gasteiger partial charge in [0.15, 0.2) is 9.84 Å². The molecule has 7 nitrogen and oxygen atoms in total. The number of aryl methyl sites for hydroxylation is 1. The molecule has 1 amide bonds. The number of benzene rings is 3. The molecule has 3 aromatic carbocycles. The van der Waals surface area contributed by atoms with Crippen molar-refractivity contribution in [3.63, 3.8) is 0 Å². The molecule has 1 aromatic heterocycles. The second kappa shape index (κ2) is 9.18. The van der Waals surface area contributed by atoms with E-state index in [1.807, 2.05) is 6.92 Å². The van der Waals surface area contributed by atoms with Gasteiger partial charge < -0.3 is 19.8 Å². The molecular formula is C25H23FN2O5S. The lowest BCUT2D eigenvalue weighted by Gasteiger charge is -2.08. The molecule has 0 saturated heterocycles. The SMILES string of the molecule is CNC(=O)c1c(-c2ccc(Oc3ccc(F)cc3)cc2)oc2cc(NCS(C)(=O)=O)c(C)cc12. The molecule has 0 radical (unpaired) electrons. The molecule has 176 valence electrons. The van der Waals surface area contributed by atoms with Crippen LogP contribution in [-0.4, -0.2) is 33.5 Å². The monoisotopic (exact) mass is 482 g/mol. The second-order valence-electron chi connectivity index (χ2n) is 7.88. The minimum absolute atomic E-state index is 0.218. The smallest absolute Gasteiger partial charge is 0.255 e. The lowest BCUT2D eigenvalue weighted by molar-refractivity contribution is 0.0964. The molecule has 1 heterocycles. The van der Waals surface area contributed by atoms with Gasteiger partial charge in [-0.1, -0.05) is 0 Å². The average molecular weight is 483 g/mol. The summed E-state index contributed by atoms with van der Waals surface area (Å²) in [5.41, 5.74) is 2.86. The Kier molecular flexibility index (Phi) is 6.30. The molecule has 34 heavy (non-hydrogen) atoms. The number of fused-ring (bicyclic) bond motifs is 1. The zero-order valence-corrected chi connectivity index (χ0v) is 19.6. The third-order valence-corrected chi connectivity index (χ3v) is 5.85. The molecule has 0 fully saturated rings. The number of carbonyl (C=O) groups is 1. The number of amides is 1. The van der Waals surface area contributed by atoms with Gasteiger partial charge >= 0.3 is 0 Å². The summed E-state index contributed by atoms with van der Waals surface area (Å²) in [5, 5.41) is 6.16. The maximum atomic E-state index is 13.1. The van der Waals surface area contributed by atoms with Crippen LogP contribution < -0.4 is 15.4 Å². The first-order valence-corrected chi connectivity index (χ1v) is 12.5. The van der Waals surface area contributed by atoms with E-state index in [9.17, 15) is 17.6 Å². The van der Waals surface area contributed by atoms with Crippen LogP contribution in [0.2, 0.25) is 0 Å². The number of halogens is 1. The summed E-state index contributed by atoms with van der Waals surface area (Å²) in [6.45, 7) is 1.83. The van der Waals surface area contributed by atoms with E-state index in [-0.39, 0.29) is 17.6 Å². The Hall–Kier alpha value is -3.85. The lowest BCUT2D eigenvalue weighted by Crippen LogP contribution is -2.18. The van der Waals surface area contributed by atoms with Crippen molar-refractivity contribution in [2.45, 2.75) is 6.92 Å². The molecule has 0 spiro atoms. The van der Waals surface area contributed by atoms with E-state index in [4.69, 9.17) is 9.15 Å². The number of furan rings is 1. The van der Waals surface area contributed by atoms with Crippen molar-refractivity contribution < 1.29 is 26.8 Å². The van der Waals surface area contributed by atoms with Crippen molar-refractivity contribution >= 4 is 32.4 Å². The highest BCUT2D eigenvalue weighted by atomic mass is 32.2. The first kappa shape index (κ1) is 23.3. The Balaban J connectivity index is 1.71. The second-order valence-corrected chi connectivity index (χ2v) is 10.0. The van der Waals surface area contributed by atoms with Gasteiger partial charge in [0.2, 0.25) is 0 Å². The molecule has 9 heteroatoms. The van der Waals surface area contributed by atoms with Crippen LogP contribution in [0.15, 0.2) is 65.1 Å². The van der Waals surface area contributed by atoms with Crippen molar-refractivity contribution in [1.82, 2.24) is 5.32 Å². The fraction of sp³-hybridized carbons (Fsp3) is 0.160. The number of hydrogen-bond acceptors (Lipinski definition) is 6. The number of nitrogens with one attached hydrogen (secondary N) is 2. The zero-order chi connectivity index (χ0) is 24.5. The highest BCUT2D eigenvalue weighted by molar-refractivity contribution is 7.90. The summed E-state index contributed by atoms with van der Waals surface area (Å²) in [5.74, 6) is 0.535. The van der Waals surface area contributed by atoms with Gasteiger partial charge in [-0.25, -0.2) is 12.8 Å². The standard InChI is InChI=1S/C25H23FN2O5S/c1-15-12-20-22(13-21(15)28-14-34(3,30)31)33-24(23(20)25(29)27-2)16-4-8-18(9-5-16)32-19-10-6-17(26)7-11-19/h4-13,28H,14H2,1-3H3,(H,27,29). The highest BCUT2D eigenvalue weighted by Gasteiger charge is 2.22. The largest absolute Gasteiger partial charge is 0.457 e. The van der Waals surface area contributed by atoms with Crippen molar-refractivity contribution in [3.8, 4) is 22.8 Å². The van der Waals surface area contributed by atoms with Crippen LogP contribution in [0.4, 0.5) is 10.1 Å². The van der Waals surface area contributed by atoms with Crippen molar-refractivity contribution in [3.05, 3.63) is 77.6 Å². The number of anilines is 1. The molecule has 0 saturated carbocycles. The predicted octanol–water partition coefficient (Wildman–Crippen LogP) is 5.11. The van der Waals surface area contributed by atoms with E-state index in [1.165, 1.54) is 24.3 Å². The van der Waals surface area contributed by atoms with E-state index in [0.717, 1.165) is 11.8 Å². The first-order chi connectivity index (χ1) is 16.1. The summed E-state index contributed by atoms with van der Waals surface area (Å²) < 4.78 is 48.0. The van der Waals surface area contributed by atoms with Crippen LogP contribution in [0.1, 0.15) is 15.9 Å². The van der Waals surface area contributed by atoms with Gasteiger partial charge in [0.25, 0.3) is 5.91 Å². The Morgan fingerprint density at radius 2 is 1.65 bits per heavy atom. The van der Waals surface area contributed by atoms with Crippen LogP contribution in [0.3, 0.4) is 0 Å². The van der Waals surface area contributed by atoms with Crippen molar-refractivity contribution in [1.29, 1.82) is 0 Å². The minimum Gasteiger partial charge on any atom is -0.457 e. The number of ether oxygens (including phenoxy) is 1. The third kappa shape index (κ3) is 5.04. The molecule has 2 N–H and O–H groups in total. The van der Waals surface area contributed by atoms with Gasteiger partial charge in [0.05, 0.1) is 5.56 Å². The zero-order valence-electron chi connectivity index (χ0n) is 18.8. The van der Waals surface area contributed by atoms with Crippen LogP contribution >= 0.6 is 0 Å². The van der Waals surface area contributed by atoms with Crippen LogP contribution in [0.25, 0.3) is 22.3 Å². The molecule has 0 aliphatic carbocycles. The van der Waals surface area contributed by atoms with Crippen LogP contribution in [0.5, 0.6) is 11.5 Å². The minimum atomic E-state index is -3.22. The number of rotatable bonds is 7. The maximum Gasteiger partial charge on any atom is 0.255 e. The molecule has 0 aliphatic heterocycles. The van der Waals surface area contributed by atoms with E-state index in [0.29, 0.717) is 45.0 Å². The predicted molar refractivity (Wildman–Crippen MR) is 130 cm³/mol. The van der Waals surface area contributed by atoms with E-state index in [1.54, 1.807) is 43.4 Å². The maximum absolute atomic E-state index is 13.1. The lowest BCUT2D eigenvalue weighted by atomic mass is 10.0. The summed E-state index contributed by atoms with van der Waals surface area (Å²) in [4.78, 5) is 12.8. The Morgan fingerprint density at radius 1 is 1.03 bits per heavy atom. The van der Waals surface area contributed by atoms with Crippen LogP contribution in [-0.2, 0) is 9.84 Å². The Bertz CT molecular complexity index is 1460. The van der Waals surface area contributed by atoms with E-state index in [2.05, 4.69) is 10.6 Å². The fourth-order valence-electron chi connectivity index (χ4n) is 3.52. The fourth-order valence-corrected chi connectivity index (χ4v) is 3.93. The topological polar surface area (TPSA) is 97.6 Å². The number of hydrogen-bond donors (Lipinski definition) is 2. The molecule has 0 unspecified atom stereocenters. The average Bonchev–Trinajstić information content (AvgIpc) is 3.16. The van der Waals surface area contributed by atoms with E-state index >= 15 is 0 Å². The number of carbonyl (C=O) groups excluding carboxylic acids is 1. The van der Waals surface area contributed by atoms with Gasteiger partial charge in [0, 0.05) is 36.0 Å². The van der Waals surface area contributed by atoms with Crippen molar-refractivity contribution in [2.75, 3.05) is 24.5 Å². The summed E-state index contributed by atoms with van der Waals surface area (Å²) in [6, 6.07) is 16.2. The summed E-state index contributed by atoms with van der Waals surface area (Å²) in [7, 11) is -1.68. The normalized spacial score (nSPS) is 11.4. The summed E-state index contributed by atoms with van der Waals surface area (Å²) >= 11 is 0. The molecule has 0 atom stereocenters. The van der Waals surface area contributed by atoms with Crippen LogP contribution in [0, 0.1) is 12.7 Å². The quantitative estimate of drug-likeness (QED) is 0.380. The van der Waals surface area contributed by atoms with Gasteiger partial charge in [0.1, 0.15) is 34.5 Å². The third-order valence-electron chi connectivity index (χ3n) is 5.18.